The highest BCUT2D eigenvalue weighted by Crippen LogP contribution is 2.62. The fraction of sp³-hybridized carbons (Fsp3) is 0.320. The van der Waals surface area contributed by atoms with Gasteiger partial charge < -0.3 is 0 Å². The van der Waals surface area contributed by atoms with Crippen molar-refractivity contribution in [2.75, 3.05) is 14.1 Å². The van der Waals surface area contributed by atoms with Gasteiger partial charge in [0, 0.05) is 5.57 Å². The molecule has 2 heteroatoms. The number of allylic oxidation sites excluding steroid dienone is 2. The smallest absolute Gasteiger partial charge is 0.173 e. The Bertz CT molecular complexity index is 954. The molecule has 2 aromatic rings. The lowest BCUT2D eigenvalue weighted by Crippen LogP contribution is -2.47. The molecule has 3 unspecified atom stereocenters. The summed E-state index contributed by atoms with van der Waals surface area (Å²) in [5.74, 6) is 0.826. The number of carbonyl (C=O) groups excluding carboxylic acids is 1. The van der Waals surface area contributed by atoms with Crippen molar-refractivity contribution in [2.45, 2.75) is 24.8 Å². The topological polar surface area (TPSA) is 20.3 Å². The number of Topliss-reactive ketones (excluding diaryl/α,β-unsaturated/α-hetero) is 1. The molecule has 0 aromatic heterocycles. The van der Waals surface area contributed by atoms with Crippen molar-refractivity contribution in [3.8, 4) is 0 Å². The molecule has 2 nitrogen and oxygen atoms in total. The molecule has 3 atom stereocenters. The Morgan fingerprint density at radius 1 is 0.926 bits per heavy atom. The van der Waals surface area contributed by atoms with E-state index in [-0.39, 0.29) is 11.5 Å². The molecule has 0 aliphatic heterocycles. The third-order valence-corrected chi connectivity index (χ3v) is 6.85. The summed E-state index contributed by atoms with van der Waals surface area (Å²) in [6, 6.07) is 20.8. The number of rotatable bonds is 3. The highest BCUT2D eigenvalue weighted by molar-refractivity contribution is 6.35. The number of nitrogens with zero attached hydrogens (tertiary/aromatic N) is 1. The Morgan fingerprint density at radius 2 is 1.56 bits per heavy atom. The van der Waals surface area contributed by atoms with Crippen LogP contribution in [0.15, 0.2) is 72.3 Å². The minimum absolute atomic E-state index is 0.0367. The molecule has 1 saturated carbocycles. The summed E-state index contributed by atoms with van der Waals surface area (Å²) in [7, 11) is 4.30. The van der Waals surface area contributed by atoms with Crippen molar-refractivity contribution in [3.05, 3.63) is 83.4 Å². The number of likely N-dealkylation sites (N-methyl/N-ethyl adjacent to an activating group) is 1. The maximum Gasteiger partial charge on any atom is 0.173 e. The molecule has 3 aliphatic rings. The van der Waals surface area contributed by atoms with Gasteiger partial charge in [-0.2, -0.15) is 0 Å². The lowest BCUT2D eigenvalue weighted by atomic mass is 9.79. The van der Waals surface area contributed by atoms with E-state index in [4.69, 9.17) is 0 Å². The first-order valence-corrected chi connectivity index (χ1v) is 9.92. The molecular weight excluding hydrogens is 330 g/mol. The predicted octanol–water partition coefficient (Wildman–Crippen LogP) is 4.84. The van der Waals surface area contributed by atoms with Gasteiger partial charge in [0.05, 0.1) is 11.5 Å². The van der Waals surface area contributed by atoms with Crippen LogP contribution in [0.4, 0.5) is 0 Å². The number of hydrogen-bond acceptors (Lipinski definition) is 2. The molecule has 5 rings (SSSR count). The van der Waals surface area contributed by atoms with Crippen LogP contribution >= 0.6 is 0 Å². The summed E-state index contributed by atoms with van der Waals surface area (Å²) in [4.78, 5) is 16.2. The van der Waals surface area contributed by atoms with Gasteiger partial charge in [-0.1, -0.05) is 72.3 Å². The second kappa shape index (κ2) is 6.03. The van der Waals surface area contributed by atoms with Gasteiger partial charge in [0.25, 0.3) is 0 Å². The molecule has 0 bridgehead atoms. The van der Waals surface area contributed by atoms with Gasteiger partial charge in [-0.25, -0.2) is 0 Å². The third kappa shape index (κ3) is 2.20. The van der Waals surface area contributed by atoms with Crippen molar-refractivity contribution in [1.82, 2.24) is 4.90 Å². The molecular formula is C25H25NO. The van der Waals surface area contributed by atoms with Gasteiger partial charge in [0.2, 0.25) is 0 Å². The second-order valence-corrected chi connectivity index (χ2v) is 8.28. The summed E-state index contributed by atoms with van der Waals surface area (Å²) < 4.78 is 0. The number of hydrogen-bond donors (Lipinski definition) is 0. The predicted molar refractivity (Wildman–Crippen MR) is 110 cm³/mol. The van der Waals surface area contributed by atoms with Crippen LogP contribution in [-0.2, 0) is 4.79 Å². The molecule has 1 fully saturated rings. The van der Waals surface area contributed by atoms with Crippen molar-refractivity contribution in [2.24, 2.45) is 11.8 Å². The Balaban J connectivity index is 1.83. The number of benzene rings is 2. The quantitative estimate of drug-likeness (QED) is 0.735. The van der Waals surface area contributed by atoms with E-state index in [1.165, 1.54) is 23.1 Å². The van der Waals surface area contributed by atoms with E-state index >= 15 is 0 Å². The van der Waals surface area contributed by atoms with E-state index < -0.39 is 0 Å². The average molecular weight is 355 g/mol. The Hall–Kier alpha value is -2.45. The first-order valence-electron chi connectivity index (χ1n) is 9.92. The Morgan fingerprint density at radius 3 is 2.19 bits per heavy atom. The van der Waals surface area contributed by atoms with Crippen LogP contribution in [0.3, 0.4) is 0 Å². The van der Waals surface area contributed by atoms with E-state index in [9.17, 15) is 4.79 Å². The lowest BCUT2D eigenvalue weighted by molar-refractivity contribution is -0.117. The van der Waals surface area contributed by atoms with Crippen molar-refractivity contribution < 1.29 is 4.79 Å². The summed E-state index contributed by atoms with van der Waals surface area (Å²) in [5, 5.41) is 0. The van der Waals surface area contributed by atoms with E-state index in [2.05, 4.69) is 67.5 Å². The molecule has 0 heterocycles. The number of fused-ring (bicyclic) bond motifs is 3. The highest BCUT2D eigenvalue weighted by Gasteiger charge is 2.62. The van der Waals surface area contributed by atoms with Crippen LogP contribution in [0.2, 0.25) is 0 Å². The summed E-state index contributed by atoms with van der Waals surface area (Å²) in [6.07, 6.45) is 5.71. The fourth-order valence-corrected chi connectivity index (χ4v) is 5.78. The average Bonchev–Trinajstić information content (AvgIpc) is 3.32. The van der Waals surface area contributed by atoms with Crippen LogP contribution in [0.5, 0.6) is 0 Å². The summed E-state index contributed by atoms with van der Waals surface area (Å²) >= 11 is 0. The summed E-state index contributed by atoms with van der Waals surface area (Å²) in [5.41, 5.74) is 5.54. The lowest BCUT2D eigenvalue weighted by Gasteiger charge is -2.39. The standard InChI is InChI=1S/C25H25NO/c1-26(2)25-16-19-14-9-15-20(19)23(25)24(27)21(17-10-5-3-6-11-17)22(25)18-12-7-4-8-13-18/h3-8,10-13,15,19,23H,9,14,16H2,1-2H3. The van der Waals surface area contributed by atoms with E-state index in [1.807, 2.05) is 18.2 Å². The molecule has 0 amide bonds. The Labute approximate surface area is 161 Å². The fourth-order valence-electron chi connectivity index (χ4n) is 5.78. The van der Waals surface area contributed by atoms with Crippen LogP contribution in [0.1, 0.15) is 30.4 Å². The minimum Gasteiger partial charge on any atom is -0.299 e. The van der Waals surface area contributed by atoms with Gasteiger partial charge in [0.1, 0.15) is 0 Å². The minimum atomic E-state index is -0.236. The summed E-state index contributed by atoms with van der Waals surface area (Å²) in [6.45, 7) is 0. The van der Waals surface area contributed by atoms with Gasteiger partial charge in [-0.3, -0.25) is 9.69 Å². The van der Waals surface area contributed by atoms with Gasteiger partial charge in [0.15, 0.2) is 5.78 Å². The molecule has 27 heavy (non-hydrogen) atoms. The molecule has 136 valence electrons. The van der Waals surface area contributed by atoms with Crippen molar-refractivity contribution >= 4 is 16.9 Å². The van der Waals surface area contributed by atoms with Crippen LogP contribution in [0.25, 0.3) is 11.1 Å². The molecule has 0 N–H and O–H groups in total. The van der Waals surface area contributed by atoms with Gasteiger partial charge in [-0.05, 0) is 56.0 Å². The number of ketones is 1. The van der Waals surface area contributed by atoms with E-state index in [0.29, 0.717) is 11.7 Å². The maximum atomic E-state index is 13.9. The maximum absolute atomic E-state index is 13.9. The second-order valence-electron chi connectivity index (χ2n) is 8.28. The first-order chi connectivity index (χ1) is 13.1. The molecule has 0 radical (unpaired) electrons. The van der Waals surface area contributed by atoms with Crippen molar-refractivity contribution in [1.29, 1.82) is 0 Å². The van der Waals surface area contributed by atoms with Crippen LogP contribution < -0.4 is 0 Å². The zero-order chi connectivity index (χ0) is 18.6. The molecule has 0 spiro atoms. The zero-order valence-corrected chi connectivity index (χ0v) is 16.0. The molecule has 3 aliphatic carbocycles. The van der Waals surface area contributed by atoms with E-state index in [1.54, 1.807) is 0 Å². The van der Waals surface area contributed by atoms with Gasteiger partial charge >= 0.3 is 0 Å². The van der Waals surface area contributed by atoms with Crippen molar-refractivity contribution in [3.63, 3.8) is 0 Å². The Kier molecular flexibility index (Phi) is 3.73. The highest BCUT2D eigenvalue weighted by atomic mass is 16.1. The van der Waals surface area contributed by atoms with E-state index in [0.717, 1.165) is 24.0 Å². The van der Waals surface area contributed by atoms with Crippen LogP contribution in [-0.4, -0.2) is 30.3 Å². The third-order valence-electron chi connectivity index (χ3n) is 6.85. The zero-order valence-electron chi connectivity index (χ0n) is 16.0. The normalized spacial score (nSPS) is 29.3. The molecule has 2 aromatic carbocycles. The monoisotopic (exact) mass is 355 g/mol. The number of carbonyl (C=O) groups is 1. The molecule has 0 saturated heterocycles. The van der Waals surface area contributed by atoms with Crippen LogP contribution in [0, 0.1) is 11.8 Å². The SMILES string of the molecule is CN(C)C12CC3CCC=C3C1C(=O)C(c1ccccc1)=C2c1ccccc1. The largest absolute Gasteiger partial charge is 0.299 e. The first kappa shape index (κ1) is 16.7. The van der Waals surface area contributed by atoms with Gasteiger partial charge in [-0.15, -0.1) is 0 Å².